The van der Waals surface area contributed by atoms with Crippen LogP contribution in [0.3, 0.4) is 0 Å². The first-order valence-corrected chi connectivity index (χ1v) is 8.66. The molecule has 0 saturated carbocycles. The van der Waals surface area contributed by atoms with Gasteiger partial charge in [0.1, 0.15) is 5.75 Å². The number of benzene rings is 2. The van der Waals surface area contributed by atoms with Gasteiger partial charge in [0, 0.05) is 12.1 Å². The molecule has 4 heteroatoms. The SMILES string of the molecule is CC(C)COc1ccc(C(C)(C)NC(=O)c2ccc(CN)cc2)cc1. The number of amides is 1. The van der Waals surface area contributed by atoms with Gasteiger partial charge in [0.2, 0.25) is 0 Å². The topological polar surface area (TPSA) is 64.3 Å². The lowest BCUT2D eigenvalue weighted by molar-refractivity contribution is 0.0912. The second-order valence-electron chi connectivity index (χ2n) is 7.21. The number of nitrogens with two attached hydrogens (primary N) is 1. The Bertz CT molecular complexity index is 689. The maximum absolute atomic E-state index is 12.5. The summed E-state index contributed by atoms with van der Waals surface area (Å²) in [5.41, 5.74) is 7.77. The van der Waals surface area contributed by atoms with Gasteiger partial charge in [-0.05, 0) is 55.2 Å². The molecule has 2 aromatic carbocycles. The number of rotatable bonds is 7. The van der Waals surface area contributed by atoms with Gasteiger partial charge in [0.05, 0.1) is 12.1 Å². The van der Waals surface area contributed by atoms with Crippen LogP contribution in [-0.4, -0.2) is 12.5 Å². The van der Waals surface area contributed by atoms with E-state index >= 15 is 0 Å². The third kappa shape index (κ3) is 5.33. The zero-order valence-corrected chi connectivity index (χ0v) is 15.5. The maximum atomic E-state index is 12.5. The highest BCUT2D eigenvalue weighted by Crippen LogP contribution is 2.23. The van der Waals surface area contributed by atoms with Gasteiger partial charge in [-0.25, -0.2) is 0 Å². The molecule has 0 aliphatic rings. The van der Waals surface area contributed by atoms with Crippen molar-refractivity contribution in [3.8, 4) is 5.75 Å². The molecule has 0 aliphatic heterocycles. The minimum atomic E-state index is -0.486. The van der Waals surface area contributed by atoms with Crippen molar-refractivity contribution in [1.29, 1.82) is 0 Å². The number of carbonyl (C=O) groups is 1. The quantitative estimate of drug-likeness (QED) is 0.805. The van der Waals surface area contributed by atoms with Gasteiger partial charge in [0.15, 0.2) is 0 Å². The molecule has 0 saturated heterocycles. The van der Waals surface area contributed by atoms with Gasteiger partial charge in [-0.1, -0.05) is 38.1 Å². The normalized spacial score (nSPS) is 11.4. The minimum Gasteiger partial charge on any atom is -0.493 e. The molecule has 25 heavy (non-hydrogen) atoms. The van der Waals surface area contributed by atoms with Crippen molar-refractivity contribution in [1.82, 2.24) is 5.32 Å². The summed E-state index contributed by atoms with van der Waals surface area (Å²) in [5.74, 6) is 1.23. The van der Waals surface area contributed by atoms with Crippen LogP contribution < -0.4 is 15.8 Å². The lowest BCUT2D eigenvalue weighted by atomic mass is 9.93. The van der Waals surface area contributed by atoms with E-state index in [1.165, 1.54) is 0 Å². The van der Waals surface area contributed by atoms with E-state index in [2.05, 4.69) is 19.2 Å². The van der Waals surface area contributed by atoms with Crippen molar-refractivity contribution >= 4 is 5.91 Å². The minimum absolute atomic E-state index is 0.103. The molecule has 0 atom stereocenters. The zero-order valence-electron chi connectivity index (χ0n) is 15.5. The smallest absolute Gasteiger partial charge is 0.251 e. The number of hydrogen-bond donors (Lipinski definition) is 2. The highest BCUT2D eigenvalue weighted by molar-refractivity contribution is 5.94. The molecule has 2 rings (SSSR count). The van der Waals surface area contributed by atoms with E-state index < -0.39 is 5.54 Å². The largest absolute Gasteiger partial charge is 0.493 e. The molecule has 3 N–H and O–H groups in total. The Balaban J connectivity index is 2.05. The predicted octanol–water partition coefficient (Wildman–Crippen LogP) is 3.85. The first-order valence-electron chi connectivity index (χ1n) is 8.66. The first-order chi connectivity index (χ1) is 11.8. The molecular formula is C21H28N2O2. The third-order valence-electron chi connectivity index (χ3n) is 4.04. The van der Waals surface area contributed by atoms with Crippen molar-refractivity contribution in [2.75, 3.05) is 6.61 Å². The van der Waals surface area contributed by atoms with Gasteiger partial charge in [-0.3, -0.25) is 4.79 Å². The Hall–Kier alpha value is -2.33. The van der Waals surface area contributed by atoms with Crippen molar-refractivity contribution in [2.24, 2.45) is 11.7 Å². The zero-order chi connectivity index (χ0) is 18.4. The van der Waals surface area contributed by atoms with Crippen molar-refractivity contribution < 1.29 is 9.53 Å². The Labute approximate surface area is 150 Å². The summed E-state index contributed by atoms with van der Waals surface area (Å²) >= 11 is 0. The summed E-state index contributed by atoms with van der Waals surface area (Å²) in [4.78, 5) is 12.5. The van der Waals surface area contributed by atoms with Crippen LogP contribution in [0.4, 0.5) is 0 Å². The average molecular weight is 340 g/mol. The second kappa shape index (κ2) is 8.17. The molecule has 0 unspecified atom stereocenters. The molecule has 4 nitrogen and oxygen atoms in total. The third-order valence-corrected chi connectivity index (χ3v) is 4.04. The molecular weight excluding hydrogens is 312 g/mol. The summed E-state index contributed by atoms with van der Waals surface area (Å²) in [6.07, 6.45) is 0. The summed E-state index contributed by atoms with van der Waals surface area (Å²) in [5, 5.41) is 3.09. The van der Waals surface area contributed by atoms with Crippen LogP contribution in [0, 0.1) is 5.92 Å². The van der Waals surface area contributed by atoms with Gasteiger partial charge in [-0.15, -0.1) is 0 Å². The number of hydrogen-bond acceptors (Lipinski definition) is 3. The van der Waals surface area contributed by atoms with Gasteiger partial charge < -0.3 is 15.8 Å². The van der Waals surface area contributed by atoms with Gasteiger partial charge in [-0.2, -0.15) is 0 Å². The fourth-order valence-corrected chi connectivity index (χ4v) is 2.45. The van der Waals surface area contributed by atoms with Crippen LogP contribution in [0.15, 0.2) is 48.5 Å². The molecule has 0 bridgehead atoms. The number of carbonyl (C=O) groups excluding carboxylic acids is 1. The summed E-state index contributed by atoms with van der Waals surface area (Å²) in [7, 11) is 0. The van der Waals surface area contributed by atoms with E-state index in [4.69, 9.17) is 10.5 Å². The maximum Gasteiger partial charge on any atom is 0.251 e. The fourth-order valence-electron chi connectivity index (χ4n) is 2.45. The van der Waals surface area contributed by atoms with Crippen molar-refractivity contribution in [2.45, 2.75) is 39.8 Å². The van der Waals surface area contributed by atoms with Crippen LogP contribution in [0.2, 0.25) is 0 Å². The molecule has 0 radical (unpaired) electrons. The summed E-state index contributed by atoms with van der Waals surface area (Å²) < 4.78 is 5.71. The standard InChI is InChI=1S/C21H28N2O2/c1-15(2)14-25-19-11-9-18(10-12-19)21(3,4)23-20(24)17-7-5-16(13-22)6-8-17/h5-12,15H,13-14,22H2,1-4H3,(H,23,24). The van der Waals surface area contributed by atoms with Crippen LogP contribution in [0.5, 0.6) is 5.75 Å². The van der Waals surface area contributed by atoms with Crippen molar-refractivity contribution in [3.63, 3.8) is 0 Å². The Morgan fingerprint density at radius 1 is 1.08 bits per heavy atom. The Kier molecular flexibility index (Phi) is 6.21. The van der Waals surface area contributed by atoms with Crippen molar-refractivity contribution in [3.05, 3.63) is 65.2 Å². The number of ether oxygens (including phenoxy) is 1. The lowest BCUT2D eigenvalue weighted by Crippen LogP contribution is -2.40. The second-order valence-corrected chi connectivity index (χ2v) is 7.21. The molecule has 1 amide bonds. The van der Waals surface area contributed by atoms with E-state index in [-0.39, 0.29) is 5.91 Å². The highest BCUT2D eigenvalue weighted by atomic mass is 16.5. The van der Waals surface area contributed by atoms with E-state index in [1.807, 2.05) is 50.2 Å². The Morgan fingerprint density at radius 3 is 2.20 bits per heavy atom. The van der Waals surface area contributed by atoms with Gasteiger partial charge in [0.25, 0.3) is 5.91 Å². The van der Waals surface area contributed by atoms with Crippen LogP contribution in [-0.2, 0) is 12.1 Å². The average Bonchev–Trinajstić information content (AvgIpc) is 2.60. The van der Waals surface area contributed by atoms with Crippen LogP contribution in [0.1, 0.15) is 49.2 Å². The molecule has 2 aromatic rings. The highest BCUT2D eigenvalue weighted by Gasteiger charge is 2.23. The molecule has 0 aliphatic carbocycles. The van der Waals surface area contributed by atoms with Gasteiger partial charge >= 0.3 is 0 Å². The molecule has 0 fully saturated rings. The monoisotopic (exact) mass is 340 g/mol. The van der Waals surface area contributed by atoms with Crippen LogP contribution in [0.25, 0.3) is 0 Å². The summed E-state index contributed by atoms with van der Waals surface area (Å²) in [6, 6.07) is 15.2. The van der Waals surface area contributed by atoms with E-state index in [9.17, 15) is 4.79 Å². The first kappa shape index (κ1) is 19.0. The Morgan fingerprint density at radius 2 is 1.68 bits per heavy atom. The molecule has 134 valence electrons. The fraction of sp³-hybridized carbons (Fsp3) is 0.381. The molecule has 0 aromatic heterocycles. The van der Waals surface area contributed by atoms with E-state index in [0.29, 0.717) is 24.6 Å². The van der Waals surface area contributed by atoms with E-state index in [0.717, 1.165) is 16.9 Å². The predicted molar refractivity (Wildman–Crippen MR) is 102 cm³/mol. The van der Waals surface area contributed by atoms with E-state index in [1.54, 1.807) is 12.1 Å². The lowest BCUT2D eigenvalue weighted by Gasteiger charge is -2.27. The summed E-state index contributed by atoms with van der Waals surface area (Å²) in [6.45, 7) is 9.38. The molecule has 0 spiro atoms. The van der Waals surface area contributed by atoms with Crippen LogP contribution >= 0.6 is 0 Å². The molecule has 0 heterocycles. The number of nitrogens with one attached hydrogen (secondary N) is 1.